The van der Waals surface area contributed by atoms with Gasteiger partial charge in [0.05, 0.1) is 5.69 Å². The van der Waals surface area contributed by atoms with Crippen molar-refractivity contribution in [3.8, 4) is 0 Å². The Morgan fingerprint density at radius 1 is 1.27 bits per heavy atom. The molecule has 0 unspecified atom stereocenters. The number of alkyl halides is 3. The third-order valence-corrected chi connectivity index (χ3v) is 7.93. The van der Waals surface area contributed by atoms with Crippen molar-refractivity contribution in [3.05, 3.63) is 22.6 Å². The van der Waals surface area contributed by atoms with Gasteiger partial charge in [0.2, 0.25) is 10.9 Å². The molecule has 1 radical (unpaired) electrons. The molecule has 0 aromatic carbocycles. The van der Waals surface area contributed by atoms with Gasteiger partial charge < -0.3 is 15.0 Å². The highest BCUT2D eigenvalue weighted by molar-refractivity contribution is 7.18. The number of amidine groups is 1. The van der Waals surface area contributed by atoms with Crippen LogP contribution < -0.4 is 15.6 Å². The Morgan fingerprint density at radius 2 is 2.00 bits per heavy atom. The minimum Gasteiger partial charge on any atom is -0.342 e. The molecular weight excluding hydrogens is 507 g/mol. The predicted octanol–water partition coefficient (Wildman–Crippen LogP) is 3.12. The zero-order chi connectivity index (χ0) is 26.7. The van der Waals surface area contributed by atoms with Crippen molar-refractivity contribution in [1.29, 1.82) is 0 Å². The lowest BCUT2D eigenvalue weighted by Crippen LogP contribution is -2.49. The molecule has 1 saturated heterocycles. The molecule has 0 aliphatic carbocycles. The van der Waals surface area contributed by atoms with Gasteiger partial charge in [-0.3, -0.25) is 4.79 Å². The first-order chi connectivity index (χ1) is 17.5. The number of rotatable bonds is 10. The number of ketones is 1. The van der Waals surface area contributed by atoms with E-state index >= 15 is 0 Å². The molecule has 2 aliphatic heterocycles. The second kappa shape index (κ2) is 11.3. The van der Waals surface area contributed by atoms with Crippen LogP contribution in [0.25, 0.3) is 10.7 Å². The number of nitrogens with one attached hydrogen (secondary N) is 2. The van der Waals surface area contributed by atoms with Crippen molar-refractivity contribution in [2.45, 2.75) is 71.0 Å². The number of Topliss-reactive ketones (excluding diaryl/α,β-unsaturated/α-hetero) is 1. The van der Waals surface area contributed by atoms with E-state index in [0.717, 1.165) is 56.5 Å². The van der Waals surface area contributed by atoms with Gasteiger partial charge in [-0.25, -0.2) is 9.83 Å². The molecule has 201 valence electrons. The topological polar surface area (TPSA) is 106 Å². The van der Waals surface area contributed by atoms with Gasteiger partial charge in [-0.2, -0.15) is 18.2 Å². The highest BCUT2D eigenvalue weighted by Crippen LogP contribution is 2.32. The van der Waals surface area contributed by atoms with Crippen molar-refractivity contribution < 1.29 is 22.8 Å². The number of halogens is 3. The number of fused-ring (bicyclic) bond motifs is 1. The van der Waals surface area contributed by atoms with Crippen LogP contribution in [0.4, 0.5) is 13.2 Å². The van der Waals surface area contributed by atoms with E-state index in [4.69, 9.17) is 0 Å². The summed E-state index contributed by atoms with van der Waals surface area (Å²) in [5.41, 5.74) is 1.16. The largest absolute Gasteiger partial charge is 0.453 e. The van der Waals surface area contributed by atoms with Crippen LogP contribution in [0.1, 0.15) is 68.3 Å². The molecule has 0 saturated carbocycles. The van der Waals surface area contributed by atoms with Gasteiger partial charge in [0.25, 0.3) is 5.82 Å². The zero-order valence-electron chi connectivity index (χ0n) is 21.2. The lowest BCUT2D eigenvalue weighted by molar-refractivity contribution is -0.144. The van der Waals surface area contributed by atoms with E-state index in [2.05, 4.69) is 30.6 Å². The van der Waals surface area contributed by atoms with E-state index in [1.807, 2.05) is 7.05 Å². The van der Waals surface area contributed by atoms with Gasteiger partial charge >= 0.3 is 12.0 Å². The summed E-state index contributed by atoms with van der Waals surface area (Å²) in [6.07, 6.45) is 2.31. The monoisotopic (exact) mass is 539 g/mol. The van der Waals surface area contributed by atoms with Crippen molar-refractivity contribution in [2.75, 3.05) is 20.1 Å². The lowest BCUT2D eigenvalue weighted by atomic mass is 9.95. The molecular formula is C24H32F3N7O2S+. The summed E-state index contributed by atoms with van der Waals surface area (Å²) < 4.78 is 40.2. The Kier molecular flexibility index (Phi) is 8.32. The molecule has 0 spiro atoms. The molecule has 1 amide bonds. The third-order valence-electron chi connectivity index (χ3n) is 6.77. The highest BCUT2D eigenvalue weighted by atomic mass is 32.1. The number of thiazole rings is 1. The van der Waals surface area contributed by atoms with E-state index in [9.17, 15) is 22.8 Å². The third kappa shape index (κ3) is 6.56. The molecule has 13 heteroatoms. The van der Waals surface area contributed by atoms with Crippen LogP contribution in [0.3, 0.4) is 0 Å². The van der Waals surface area contributed by atoms with Crippen LogP contribution in [0.5, 0.6) is 0 Å². The molecule has 1 atom stereocenters. The maximum absolute atomic E-state index is 13.1. The lowest BCUT2D eigenvalue weighted by Gasteiger charge is -2.29. The smallest absolute Gasteiger partial charge is 0.342 e. The molecule has 9 nitrogen and oxygen atoms in total. The van der Waals surface area contributed by atoms with Crippen LogP contribution in [-0.2, 0) is 15.8 Å². The van der Waals surface area contributed by atoms with E-state index in [1.165, 1.54) is 4.52 Å². The van der Waals surface area contributed by atoms with Crippen molar-refractivity contribution in [2.24, 2.45) is 5.92 Å². The van der Waals surface area contributed by atoms with Gasteiger partial charge in [-0.15, -0.1) is 5.10 Å². The summed E-state index contributed by atoms with van der Waals surface area (Å²) in [7, 11) is 2.05. The Morgan fingerprint density at radius 3 is 2.65 bits per heavy atom. The Hall–Kier alpha value is -2.80. The summed E-state index contributed by atoms with van der Waals surface area (Å²) in [6, 6.07) is -0.336. The van der Waals surface area contributed by atoms with Crippen LogP contribution in [0.15, 0.2) is 6.20 Å². The standard InChI is InChI=1S/C24H32F3N7O2S/c1-14(35)7-5-4-6-8-17(30-21(36)16-9-11-33(3)12-10-16)20-28-13-18(29-20)19-15(2)34-23(37-19)31-22(32-34)24(25,26)27/h13,16-17,29H,4-12H2,1-3H3,(H,30,36)/q+1/t17-/m0/s1. The number of unbranched alkanes of at least 4 members (excludes halogenated alkanes) is 2. The van der Waals surface area contributed by atoms with Crippen LogP contribution in [-0.4, -0.2) is 63.2 Å². The fourth-order valence-corrected chi connectivity index (χ4v) is 5.61. The maximum Gasteiger partial charge on any atom is 0.453 e. The molecule has 37 heavy (non-hydrogen) atoms. The first-order valence-electron chi connectivity index (χ1n) is 12.5. The van der Waals surface area contributed by atoms with Gasteiger partial charge in [-0.05, 0) is 64.7 Å². The van der Waals surface area contributed by atoms with Crippen molar-refractivity contribution in [3.63, 3.8) is 0 Å². The zero-order valence-corrected chi connectivity index (χ0v) is 22.0. The van der Waals surface area contributed by atoms with Gasteiger partial charge in [-0.1, -0.05) is 24.2 Å². The fourth-order valence-electron chi connectivity index (χ4n) is 4.58. The number of piperidine rings is 1. The minimum atomic E-state index is -4.61. The van der Waals surface area contributed by atoms with Crippen LogP contribution >= 0.6 is 11.3 Å². The second-order valence-electron chi connectivity index (χ2n) is 9.77. The SMILES string of the molecule is CC(=O)CCCCC[C@H](NC(=O)C1CCN(C)CC1)C1=[N+]C=C(c2sc3nc(C(F)(F)F)nn3c2C)N1. The Labute approximate surface area is 217 Å². The molecule has 2 aromatic heterocycles. The first-order valence-corrected chi connectivity index (χ1v) is 13.3. The molecule has 4 rings (SSSR count). The molecule has 1 fully saturated rings. The highest BCUT2D eigenvalue weighted by Gasteiger charge is 2.38. The quantitative estimate of drug-likeness (QED) is 0.450. The number of hydrogen-bond donors (Lipinski definition) is 2. The van der Waals surface area contributed by atoms with E-state index in [-0.39, 0.29) is 28.6 Å². The molecule has 4 heterocycles. The minimum absolute atomic E-state index is 0.00874. The number of likely N-dealkylation sites (tertiary alicyclic amines) is 1. The normalized spacial score (nSPS) is 18.0. The number of amides is 1. The Balaban J connectivity index is 1.43. The summed E-state index contributed by atoms with van der Waals surface area (Å²) >= 11 is 1.10. The van der Waals surface area contributed by atoms with Gasteiger partial charge in [0.1, 0.15) is 16.7 Å². The average molecular weight is 540 g/mol. The first kappa shape index (κ1) is 27.2. The summed E-state index contributed by atoms with van der Waals surface area (Å²) in [5, 5.41) is 10.1. The molecule has 0 bridgehead atoms. The number of carbonyl (C=O) groups is 2. The molecule has 2 aromatic rings. The van der Waals surface area contributed by atoms with Gasteiger partial charge in [0.15, 0.2) is 11.9 Å². The number of aryl methyl sites for hydroxylation is 1. The number of hydrogen-bond acceptors (Lipinski definition) is 8. The number of nitrogens with zero attached hydrogens (tertiary/aromatic N) is 5. The molecule has 2 N–H and O–H groups in total. The van der Waals surface area contributed by atoms with Gasteiger partial charge in [0, 0.05) is 12.3 Å². The van der Waals surface area contributed by atoms with E-state index in [1.54, 1.807) is 20.0 Å². The van der Waals surface area contributed by atoms with Crippen molar-refractivity contribution >= 4 is 39.5 Å². The average Bonchev–Trinajstić information content (AvgIpc) is 3.54. The molecule has 2 aliphatic rings. The fraction of sp³-hybridized carbons (Fsp3) is 0.625. The number of aromatic nitrogens is 3. The Bertz CT molecular complexity index is 1210. The summed E-state index contributed by atoms with van der Waals surface area (Å²) in [6.45, 7) is 5.02. The number of aliphatic imine (C=N–C) groups is 1. The van der Waals surface area contributed by atoms with Crippen LogP contribution in [0, 0.1) is 12.8 Å². The summed E-state index contributed by atoms with van der Waals surface area (Å²) in [4.78, 5) is 35.5. The predicted molar refractivity (Wildman–Crippen MR) is 135 cm³/mol. The van der Waals surface area contributed by atoms with E-state index < -0.39 is 12.0 Å². The van der Waals surface area contributed by atoms with Crippen LogP contribution in [0.2, 0.25) is 0 Å². The second-order valence-corrected chi connectivity index (χ2v) is 10.7. The maximum atomic E-state index is 13.1. The number of carbonyl (C=O) groups excluding carboxylic acids is 2. The van der Waals surface area contributed by atoms with E-state index in [0.29, 0.717) is 34.9 Å². The summed E-state index contributed by atoms with van der Waals surface area (Å²) in [5.74, 6) is -0.448. The van der Waals surface area contributed by atoms with Crippen molar-refractivity contribution in [1.82, 2.24) is 35.1 Å².